The molecule has 1 aliphatic heterocycles. The van der Waals surface area contributed by atoms with E-state index < -0.39 is 0 Å². The molecule has 0 aliphatic carbocycles. The fourth-order valence-electron chi connectivity index (χ4n) is 4.06. The molecule has 8 heteroatoms. The van der Waals surface area contributed by atoms with Crippen LogP contribution in [0.1, 0.15) is 43.0 Å². The Labute approximate surface area is 248 Å². The zero-order valence-electron chi connectivity index (χ0n) is 23.5. The van der Waals surface area contributed by atoms with E-state index in [1.165, 1.54) is 10.5 Å². The van der Waals surface area contributed by atoms with Crippen LogP contribution >= 0.6 is 27.7 Å². The van der Waals surface area contributed by atoms with Crippen LogP contribution in [-0.4, -0.2) is 42.4 Å². The highest BCUT2D eigenvalue weighted by molar-refractivity contribution is 9.10. The SMILES string of the molecule is Cc1ccc(C)c(OCCN2C(=O)S/C(=C\c3ccc(Br)cc3OCCOc3ccc(C(C)(C)C)cc3)C2=O)c1. The molecule has 6 nitrogen and oxygen atoms in total. The third-order valence-corrected chi connectivity index (χ3v) is 7.78. The summed E-state index contributed by atoms with van der Waals surface area (Å²) in [5.41, 5.74) is 4.13. The predicted molar refractivity (Wildman–Crippen MR) is 164 cm³/mol. The Kier molecular flexibility index (Phi) is 9.64. The van der Waals surface area contributed by atoms with Crippen molar-refractivity contribution in [2.75, 3.05) is 26.4 Å². The Bertz CT molecular complexity index is 1410. The van der Waals surface area contributed by atoms with Crippen LogP contribution in [0.4, 0.5) is 4.79 Å². The second kappa shape index (κ2) is 13.0. The van der Waals surface area contributed by atoms with Gasteiger partial charge in [0.1, 0.15) is 37.1 Å². The molecule has 0 radical (unpaired) electrons. The van der Waals surface area contributed by atoms with Gasteiger partial charge in [0.2, 0.25) is 0 Å². The Balaban J connectivity index is 1.35. The lowest BCUT2D eigenvalue weighted by Gasteiger charge is -2.19. The summed E-state index contributed by atoms with van der Waals surface area (Å²) in [5, 5.41) is -0.314. The molecule has 3 aromatic carbocycles. The van der Waals surface area contributed by atoms with Crippen molar-refractivity contribution in [1.82, 2.24) is 4.90 Å². The lowest BCUT2D eigenvalue weighted by molar-refractivity contribution is -0.123. The minimum absolute atomic E-state index is 0.0855. The van der Waals surface area contributed by atoms with Crippen molar-refractivity contribution >= 4 is 44.9 Å². The highest BCUT2D eigenvalue weighted by Crippen LogP contribution is 2.35. The van der Waals surface area contributed by atoms with Gasteiger partial charge in [0.15, 0.2) is 0 Å². The third-order valence-electron chi connectivity index (χ3n) is 6.38. The number of rotatable bonds is 10. The van der Waals surface area contributed by atoms with Gasteiger partial charge in [-0.2, -0.15) is 0 Å². The number of hydrogen-bond donors (Lipinski definition) is 0. The zero-order chi connectivity index (χ0) is 28.9. The van der Waals surface area contributed by atoms with E-state index in [1.54, 1.807) is 6.08 Å². The van der Waals surface area contributed by atoms with E-state index in [9.17, 15) is 9.59 Å². The summed E-state index contributed by atoms with van der Waals surface area (Å²) in [6.07, 6.45) is 1.70. The van der Waals surface area contributed by atoms with Crippen molar-refractivity contribution < 1.29 is 23.8 Å². The number of hydrogen-bond acceptors (Lipinski definition) is 6. The number of halogens is 1. The first-order chi connectivity index (χ1) is 19.0. The van der Waals surface area contributed by atoms with Crippen LogP contribution in [0.2, 0.25) is 0 Å². The fraction of sp³-hybridized carbons (Fsp3) is 0.312. The number of carbonyl (C=O) groups excluding carboxylic acids is 2. The Hall–Kier alpha value is -3.23. The van der Waals surface area contributed by atoms with Crippen LogP contribution in [0.3, 0.4) is 0 Å². The van der Waals surface area contributed by atoms with Gasteiger partial charge in [-0.05, 0) is 84.1 Å². The second-order valence-corrected chi connectivity index (χ2v) is 12.5. The van der Waals surface area contributed by atoms with Gasteiger partial charge in [0.05, 0.1) is 11.4 Å². The summed E-state index contributed by atoms with van der Waals surface area (Å²) in [7, 11) is 0. The highest BCUT2D eigenvalue weighted by Gasteiger charge is 2.35. The summed E-state index contributed by atoms with van der Waals surface area (Å²) in [5.74, 6) is 1.79. The maximum absolute atomic E-state index is 13.1. The van der Waals surface area contributed by atoms with E-state index in [-0.39, 0.29) is 29.7 Å². The van der Waals surface area contributed by atoms with Gasteiger partial charge in [-0.15, -0.1) is 0 Å². The molecule has 210 valence electrons. The first-order valence-corrected chi connectivity index (χ1v) is 14.7. The van der Waals surface area contributed by atoms with Crippen molar-refractivity contribution in [3.63, 3.8) is 0 Å². The number of imide groups is 1. The van der Waals surface area contributed by atoms with Crippen molar-refractivity contribution in [3.05, 3.63) is 92.3 Å². The van der Waals surface area contributed by atoms with Crippen LogP contribution < -0.4 is 14.2 Å². The molecule has 1 heterocycles. The molecule has 40 heavy (non-hydrogen) atoms. The van der Waals surface area contributed by atoms with Gasteiger partial charge in [0.25, 0.3) is 11.1 Å². The molecule has 0 saturated carbocycles. The molecular formula is C32H34BrNO5S. The molecular weight excluding hydrogens is 590 g/mol. The van der Waals surface area contributed by atoms with Gasteiger partial charge in [0, 0.05) is 10.0 Å². The molecule has 0 bridgehead atoms. The van der Waals surface area contributed by atoms with Gasteiger partial charge in [-0.1, -0.05) is 67.0 Å². The number of ether oxygens (including phenoxy) is 3. The first-order valence-electron chi connectivity index (χ1n) is 13.1. The minimum atomic E-state index is -0.338. The maximum atomic E-state index is 13.1. The smallest absolute Gasteiger partial charge is 0.293 e. The molecule has 0 atom stereocenters. The van der Waals surface area contributed by atoms with Crippen molar-refractivity contribution in [1.29, 1.82) is 0 Å². The summed E-state index contributed by atoms with van der Waals surface area (Å²) in [6.45, 7) is 11.6. The molecule has 0 aromatic heterocycles. The lowest BCUT2D eigenvalue weighted by atomic mass is 9.87. The van der Waals surface area contributed by atoms with Crippen molar-refractivity contribution in [2.24, 2.45) is 0 Å². The minimum Gasteiger partial charge on any atom is -0.491 e. The third kappa shape index (κ3) is 7.70. The van der Waals surface area contributed by atoms with Gasteiger partial charge < -0.3 is 14.2 Å². The van der Waals surface area contributed by atoms with Gasteiger partial charge in [-0.25, -0.2) is 0 Å². The van der Waals surface area contributed by atoms with Crippen LogP contribution in [0.15, 0.2) is 70.0 Å². The standard InChI is InChI=1S/C32H34BrNO5S/c1-21-6-7-22(2)27(18-21)38-15-14-34-30(35)29(40-31(34)36)19-23-8-11-25(33)20-28(23)39-17-16-37-26-12-9-24(10-13-26)32(3,4)5/h6-13,18-20H,14-17H2,1-5H3/b29-19-. The first kappa shape index (κ1) is 29.7. The van der Waals surface area contributed by atoms with Crippen LogP contribution in [0, 0.1) is 13.8 Å². The zero-order valence-corrected chi connectivity index (χ0v) is 25.9. The second-order valence-electron chi connectivity index (χ2n) is 10.6. The summed E-state index contributed by atoms with van der Waals surface area (Å²) >= 11 is 4.41. The molecule has 2 amide bonds. The molecule has 4 rings (SSSR count). The number of carbonyl (C=O) groups is 2. The van der Waals surface area contributed by atoms with Crippen LogP contribution in [0.5, 0.6) is 17.2 Å². The summed E-state index contributed by atoms with van der Waals surface area (Å²) in [6, 6.07) is 19.6. The normalized spacial score (nSPS) is 14.7. The molecule has 0 N–H and O–H groups in total. The molecule has 3 aromatic rings. The largest absolute Gasteiger partial charge is 0.491 e. The predicted octanol–water partition coefficient (Wildman–Crippen LogP) is 7.94. The highest BCUT2D eigenvalue weighted by atomic mass is 79.9. The number of nitrogens with zero attached hydrogens (tertiary/aromatic N) is 1. The number of aryl methyl sites for hydroxylation is 2. The molecule has 1 saturated heterocycles. The van der Waals surface area contributed by atoms with Crippen LogP contribution in [0.25, 0.3) is 6.08 Å². The Morgan fingerprint density at radius 1 is 0.850 bits per heavy atom. The summed E-state index contributed by atoms with van der Waals surface area (Å²) < 4.78 is 18.6. The molecule has 1 fully saturated rings. The monoisotopic (exact) mass is 623 g/mol. The van der Waals surface area contributed by atoms with E-state index in [2.05, 4.69) is 48.8 Å². The average Bonchev–Trinajstić information content (AvgIpc) is 3.17. The molecule has 0 unspecified atom stereocenters. The van der Waals surface area contributed by atoms with E-state index in [1.807, 2.05) is 62.4 Å². The lowest BCUT2D eigenvalue weighted by Crippen LogP contribution is -2.32. The van der Waals surface area contributed by atoms with E-state index in [0.717, 1.165) is 38.9 Å². The van der Waals surface area contributed by atoms with Crippen molar-refractivity contribution in [2.45, 2.75) is 40.0 Å². The molecule has 0 spiro atoms. The van der Waals surface area contributed by atoms with Gasteiger partial charge >= 0.3 is 0 Å². The number of benzene rings is 3. The van der Waals surface area contributed by atoms with Crippen LogP contribution in [-0.2, 0) is 10.2 Å². The number of amides is 2. The average molecular weight is 625 g/mol. The molecule has 1 aliphatic rings. The van der Waals surface area contributed by atoms with Crippen molar-refractivity contribution in [3.8, 4) is 17.2 Å². The number of thioether (sulfide) groups is 1. The topological polar surface area (TPSA) is 65.1 Å². The fourth-order valence-corrected chi connectivity index (χ4v) is 5.25. The van der Waals surface area contributed by atoms with E-state index in [4.69, 9.17) is 14.2 Å². The Morgan fingerprint density at radius 3 is 2.27 bits per heavy atom. The van der Waals surface area contributed by atoms with Gasteiger partial charge in [-0.3, -0.25) is 14.5 Å². The van der Waals surface area contributed by atoms with E-state index in [0.29, 0.717) is 29.4 Å². The quantitative estimate of drug-likeness (QED) is 0.169. The Morgan fingerprint density at radius 2 is 1.55 bits per heavy atom. The summed E-state index contributed by atoms with van der Waals surface area (Å²) in [4.78, 5) is 27.2. The van der Waals surface area contributed by atoms with E-state index >= 15 is 0 Å². The maximum Gasteiger partial charge on any atom is 0.293 e.